The highest BCUT2D eigenvalue weighted by Gasteiger charge is 2.18. The van der Waals surface area contributed by atoms with E-state index in [9.17, 15) is 4.79 Å². The van der Waals surface area contributed by atoms with Crippen LogP contribution in [-0.2, 0) is 13.1 Å². The Morgan fingerprint density at radius 2 is 1.67 bits per heavy atom. The first-order valence-electron chi connectivity index (χ1n) is 9.25. The van der Waals surface area contributed by atoms with E-state index in [2.05, 4.69) is 21.9 Å². The predicted octanol–water partition coefficient (Wildman–Crippen LogP) is 2.97. The van der Waals surface area contributed by atoms with Gasteiger partial charge in [0.2, 0.25) is 0 Å². The molecule has 3 aromatic rings. The van der Waals surface area contributed by atoms with Crippen LogP contribution in [-0.4, -0.2) is 45.4 Å². The van der Waals surface area contributed by atoms with E-state index in [1.165, 1.54) is 5.56 Å². The van der Waals surface area contributed by atoms with E-state index in [4.69, 9.17) is 16.6 Å². The van der Waals surface area contributed by atoms with Crippen molar-refractivity contribution < 1.29 is 0 Å². The summed E-state index contributed by atoms with van der Waals surface area (Å²) in [5, 5.41) is 0.776. The molecule has 0 unspecified atom stereocenters. The van der Waals surface area contributed by atoms with Gasteiger partial charge in [0.25, 0.3) is 5.56 Å². The molecular formula is C21H23ClN4O. The number of nitrogens with zero attached hydrogens (tertiary/aromatic N) is 4. The van der Waals surface area contributed by atoms with Crippen molar-refractivity contribution in [3.05, 3.63) is 80.9 Å². The molecule has 0 amide bonds. The number of halogens is 1. The van der Waals surface area contributed by atoms with Crippen LogP contribution in [0, 0.1) is 6.92 Å². The van der Waals surface area contributed by atoms with Gasteiger partial charge in [-0.2, -0.15) is 0 Å². The fourth-order valence-electron chi connectivity index (χ4n) is 3.57. The lowest BCUT2D eigenvalue weighted by atomic mass is 10.2. The Morgan fingerprint density at radius 3 is 2.37 bits per heavy atom. The highest BCUT2D eigenvalue weighted by Crippen LogP contribution is 2.14. The van der Waals surface area contributed by atoms with Gasteiger partial charge in [0.05, 0.1) is 5.69 Å². The van der Waals surface area contributed by atoms with Crippen molar-refractivity contribution in [1.82, 2.24) is 19.2 Å². The van der Waals surface area contributed by atoms with Crippen molar-refractivity contribution in [3.8, 4) is 0 Å². The summed E-state index contributed by atoms with van der Waals surface area (Å²) in [6.45, 7) is 7.61. The minimum atomic E-state index is -0.0138. The number of aryl methyl sites for hydroxylation is 1. The van der Waals surface area contributed by atoms with E-state index >= 15 is 0 Å². The lowest BCUT2D eigenvalue weighted by Gasteiger charge is -2.34. The maximum Gasteiger partial charge on any atom is 0.258 e. The van der Waals surface area contributed by atoms with Crippen LogP contribution in [0.4, 0.5) is 0 Å². The number of rotatable bonds is 4. The molecule has 1 fully saturated rings. The van der Waals surface area contributed by atoms with Crippen LogP contribution in [0.1, 0.15) is 16.8 Å². The van der Waals surface area contributed by atoms with Gasteiger partial charge >= 0.3 is 0 Å². The maximum absolute atomic E-state index is 12.4. The molecule has 1 aliphatic rings. The van der Waals surface area contributed by atoms with Crippen molar-refractivity contribution in [3.63, 3.8) is 0 Å². The number of fused-ring (bicyclic) bond motifs is 1. The van der Waals surface area contributed by atoms with Gasteiger partial charge in [-0.15, -0.1) is 0 Å². The minimum Gasteiger partial charge on any atom is -0.297 e. The molecule has 0 radical (unpaired) electrons. The normalized spacial score (nSPS) is 16.1. The second-order valence-electron chi connectivity index (χ2n) is 7.15. The zero-order valence-corrected chi connectivity index (χ0v) is 16.2. The molecule has 140 valence electrons. The van der Waals surface area contributed by atoms with E-state index in [0.717, 1.165) is 61.2 Å². The lowest BCUT2D eigenvalue weighted by Crippen LogP contribution is -2.45. The number of aromatic nitrogens is 2. The molecule has 0 spiro atoms. The molecule has 27 heavy (non-hydrogen) atoms. The summed E-state index contributed by atoms with van der Waals surface area (Å²) in [6, 6.07) is 13.6. The third-order valence-corrected chi connectivity index (χ3v) is 5.36. The van der Waals surface area contributed by atoms with E-state index in [-0.39, 0.29) is 5.56 Å². The molecule has 0 bridgehead atoms. The monoisotopic (exact) mass is 382 g/mol. The van der Waals surface area contributed by atoms with Gasteiger partial charge in [0, 0.05) is 56.6 Å². The van der Waals surface area contributed by atoms with Gasteiger partial charge in [-0.05, 0) is 36.2 Å². The van der Waals surface area contributed by atoms with Crippen LogP contribution < -0.4 is 5.56 Å². The second kappa shape index (κ2) is 7.80. The van der Waals surface area contributed by atoms with Crippen LogP contribution in [0.15, 0.2) is 53.5 Å². The molecule has 1 saturated heterocycles. The van der Waals surface area contributed by atoms with E-state index in [1.807, 2.05) is 31.2 Å². The summed E-state index contributed by atoms with van der Waals surface area (Å²) < 4.78 is 1.61. The fraction of sp³-hybridized carbons (Fsp3) is 0.333. The number of piperazine rings is 1. The lowest BCUT2D eigenvalue weighted by molar-refractivity contribution is 0.121. The van der Waals surface area contributed by atoms with Gasteiger partial charge < -0.3 is 0 Å². The Morgan fingerprint density at radius 1 is 1.00 bits per heavy atom. The molecule has 1 aromatic carbocycles. The van der Waals surface area contributed by atoms with E-state index < -0.39 is 0 Å². The Balaban J connectivity index is 1.39. The smallest absolute Gasteiger partial charge is 0.258 e. The maximum atomic E-state index is 12.4. The molecule has 0 aliphatic carbocycles. The molecule has 0 atom stereocenters. The zero-order valence-electron chi connectivity index (χ0n) is 15.4. The Bertz CT molecular complexity index is 991. The van der Waals surface area contributed by atoms with Crippen LogP contribution >= 0.6 is 11.6 Å². The Kier molecular flexibility index (Phi) is 5.25. The summed E-state index contributed by atoms with van der Waals surface area (Å²) in [4.78, 5) is 21.9. The number of hydrogen-bond acceptors (Lipinski definition) is 4. The van der Waals surface area contributed by atoms with Gasteiger partial charge in [-0.1, -0.05) is 29.8 Å². The average molecular weight is 383 g/mol. The largest absolute Gasteiger partial charge is 0.297 e. The van der Waals surface area contributed by atoms with Crippen molar-refractivity contribution in [2.45, 2.75) is 20.0 Å². The van der Waals surface area contributed by atoms with Crippen molar-refractivity contribution in [1.29, 1.82) is 0 Å². The first kappa shape index (κ1) is 18.2. The molecule has 1 aliphatic heterocycles. The van der Waals surface area contributed by atoms with Crippen LogP contribution in [0.2, 0.25) is 5.02 Å². The number of hydrogen-bond donors (Lipinski definition) is 0. The molecular weight excluding hydrogens is 360 g/mol. The number of benzene rings is 1. The third-order valence-electron chi connectivity index (χ3n) is 5.11. The zero-order chi connectivity index (χ0) is 18.8. The second-order valence-corrected chi connectivity index (χ2v) is 7.59. The molecule has 2 aromatic heterocycles. The van der Waals surface area contributed by atoms with Crippen molar-refractivity contribution >= 4 is 17.2 Å². The Hall–Kier alpha value is -2.21. The van der Waals surface area contributed by atoms with Crippen LogP contribution in [0.25, 0.3) is 5.65 Å². The quantitative estimate of drug-likeness (QED) is 0.695. The standard InChI is InChI=1S/C21H23ClN4O/c1-16-3-2-8-26-20(27)13-19(23-21(16)26)15-25-11-9-24(10-12-25)14-17-4-6-18(22)7-5-17/h2-8,13H,9-12,14-15H2,1H3. The highest BCUT2D eigenvalue weighted by atomic mass is 35.5. The molecule has 0 N–H and O–H groups in total. The summed E-state index contributed by atoms with van der Waals surface area (Å²) in [5.41, 5.74) is 3.89. The summed E-state index contributed by atoms with van der Waals surface area (Å²) in [7, 11) is 0. The van der Waals surface area contributed by atoms with Gasteiger partial charge in [0.15, 0.2) is 0 Å². The third kappa shape index (κ3) is 4.21. The molecule has 6 heteroatoms. The molecule has 3 heterocycles. The summed E-state index contributed by atoms with van der Waals surface area (Å²) in [6.07, 6.45) is 1.77. The SMILES string of the molecule is Cc1cccn2c(=O)cc(CN3CCN(Cc4ccc(Cl)cc4)CC3)nc12. The molecule has 0 saturated carbocycles. The predicted molar refractivity (Wildman–Crippen MR) is 108 cm³/mol. The fourth-order valence-corrected chi connectivity index (χ4v) is 3.70. The minimum absolute atomic E-state index is 0.0138. The van der Waals surface area contributed by atoms with Crippen molar-refractivity contribution in [2.75, 3.05) is 26.2 Å². The van der Waals surface area contributed by atoms with Gasteiger partial charge in [0.1, 0.15) is 5.65 Å². The molecule has 4 rings (SSSR count). The van der Waals surface area contributed by atoms with Gasteiger partial charge in [-0.25, -0.2) is 4.98 Å². The van der Waals surface area contributed by atoms with Crippen LogP contribution in [0.5, 0.6) is 0 Å². The van der Waals surface area contributed by atoms with E-state index in [0.29, 0.717) is 0 Å². The summed E-state index contributed by atoms with van der Waals surface area (Å²) >= 11 is 5.96. The first-order valence-corrected chi connectivity index (χ1v) is 9.63. The summed E-state index contributed by atoms with van der Waals surface area (Å²) in [5.74, 6) is 0. The van der Waals surface area contributed by atoms with Crippen LogP contribution in [0.3, 0.4) is 0 Å². The van der Waals surface area contributed by atoms with Gasteiger partial charge in [-0.3, -0.25) is 19.0 Å². The molecule has 5 nitrogen and oxygen atoms in total. The number of pyridine rings is 1. The Labute approximate surface area is 163 Å². The van der Waals surface area contributed by atoms with E-state index in [1.54, 1.807) is 16.7 Å². The first-order chi connectivity index (χ1) is 13.1. The highest BCUT2D eigenvalue weighted by molar-refractivity contribution is 6.30. The topological polar surface area (TPSA) is 40.9 Å². The van der Waals surface area contributed by atoms with Crippen molar-refractivity contribution in [2.24, 2.45) is 0 Å². The average Bonchev–Trinajstić information content (AvgIpc) is 2.66.